The lowest BCUT2D eigenvalue weighted by atomic mass is 9.83. The number of nitrogens with one attached hydrogen (secondary N) is 1. The van der Waals surface area contributed by atoms with Gasteiger partial charge in [0.05, 0.1) is 12.5 Å². The summed E-state index contributed by atoms with van der Waals surface area (Å²) >= 11 is 0. The zero-order chi connectivity index (χ0) is 22.2. The molecular weight excluding hydrogens is 392 g/mol. The number of alkyl carbamates (subject to hydrolysis) is 1. The highest BCUT2D eigenvalue weighted by Crippen LogP contribution is 2.40. The monoisotopic (exact) mass is 424 g/mol. The van der Waals surface area contributed by atoms with E-state index >= 15 is 0 Å². The molecule has 6 heteroatoms. The van der Waals surface area contributed by atoms with Crippen molar-refractivity contribution < 1.29 is 19.1 Å². The molecule has 6 nitrogen and oxygen atoms in total. The predicted molar refractivity (Wildman–Crippen MR) is 122 cm³/mol. The largest absolute Gasteiger partial charge is 0.450 e. The van der Waals surface area contributed by atoms with Crippen molar-refractivity contribution in [2.75, 3.05) is 31.1 Å². The van der Waals surface area contributed by atoms with Gasteiger partial charge in [0.15, 0.2) is 0 Å². The highest BCUT2D eigenvalue weighted by atomic mass is 16.6. The van der Waals surface area contributed by atoms with Gasteiger partial charge in [-0.3, -0.25) is 4.79 Å². The molecular formula is C25H32N2O4. The Bertz CT molecular complexity index is 880. The molecule has 0 radical (unpaired) electrons. The first-order valence-electron chi connectivity index (χ1n) is 11.1. The third-order valence-electron chi connectivity index (χ3n) is 5.92. The first-order valence-corrected chi connectivity index (χ1v) is 11.1. The van der Waals surface area contributed by atoms with Crippen LogP contribution in [0.25, 0.3) is 0 Å². The number of carbonyl (C=O) groups is 2. The molecule has 2 atom stereocenters. The van der Waals surface area contributed by atoms with Crippen molar-refractivity contribution in [3.8, 4) is 5.75 Å². The Morgan fingerprint density at radius 2 is 1.87 bits per heavy atom. The fourth-order valence-electron chi connectivity index (χ4n) is 4.03. The van der Waals surface area contributed by atoms with Crippen LogP contribution < -0.4 is 15.0 Å². The summed E-state index contributed by atoms with van der Waals surface area (Å²) in [4.78, 5) is 26.8. The highest BCUT2D eigenvalue weighted by molar-refractivity contribution is 5.80. The minimum Gasteiger partial charge on any atom is -0.450 e. The Kier molecular flexibility index (Phi) is 7.93. The summed E-state index contributed by atoms with van der Waals surface area (Å²) in [6.07, 6.45) is 0.717. The number of fused-ring (bicyclic) bond motifs is 1. The summed E-state index contributed by atoms with van der Waals surface area (Å²) in [5, 5.41) is 2.75. The van der Waals surface area contributed by atoms with Crippen molar-refractivity contribution >= 4 is 17.7 Å². The minimum atomic E-state index is -0.461. The van der Waals surface area contributed by atoms with Gasteiger partial charge in [-0.05, 0) is 49.8 Å². The predicted octanol–water partition coefficient (Wildman–Crippen LogP) is 4.53. The summed E-state index contributed by atoms with van der Waals surface area (Å²) in [6.45, 7) is 8.71. The summed E-state index contributed by atoms with van der Waals surface area (Å²) in [5.74, 6) is 0.0539. The van der Waals surface area contributed by atoms with Crippen molar-refractivity contribution in [3.63, 3.8) is 0 Å². The van der Waals surface area contributed by atoms with E-state index in [4.69, 9.17) is 9.47 Å². The van der Waals surface area contributed by atoms with Crippen LogP contribution in [0.1, 0.15) is 44.2 Å². The molecule has 0 bridgehead atoms. The number of amides is 1. The number of hydrogen-bond donors (Lipinski definition) is 1. The maximum absolute atomic E-state index is 12.6. The van der Waals surface area contributed by atoms with Crippen molar-refractivity contribution in [2.24, 2.45) is 5.92 Å². The maximum atomic E-state index is 12.6. The van der Waals surface area contributed by atoms with Crippen LogP contribution in [0.5, 0.6) is 5.75 Å². The van der Waals surface area contributed by atoms with E-state index in [-0.39, 0.29) is 24.4 Å². The van der Waals surface area contributed by atoms with Gasteiger partial charge in [-0.25, -0.2) is 4.79 Å². The van der Waals surface area contributed by atoms with Gasteiger partial charge in [0.1, 0.15) is 5.75 Å². The highest BCUT2D eigenvalue weighted by Gasteiger charge is 2.35. The standard InChI is InChI=1S/C25H32N2O4/c1-4-27(5-2)20-11-12-21-18(3)22(24(28)31-23(21)17-20)14-16-30-25(29)26-15-13-19-9-7-6-8-10-19/h6-12,17-18,22H,4-5,13-16H2,1-3H3,(H,26,29). The molecule has 166 valence electrons. The van der Waals surface area contributed by atoms with Gasteiger partial charge in [-0.1, -0.05) is 43.3 Å². The first kappa shape index (κ1) is 22.7. The van der Waals surface area contributed by atoms with Gasteiger partial charge in [0.25, 0.3) is 0 Å². The number of rotatable bonds is 9. The van der Waals surface area contributed by atoms with Crippen LogP contribution in [-0.4, -0.2) is 38.3 Å². The van der Waals surface area contributed by atoms with E-state index in [2.05, 4.69) is 30.1 Å². The van der Waals surface area contributed by atoms with Gasteiger partial charge in [-0.2, -0.15) is 0 Å². The topological polar surface area (TPSA) is 67.9 Å². The fraction of sp³-hybridized carbons (Fsp3) is 0.440. The Balaban J connectivity index is 1.49. The number of anilines is 1. The molecule has 1 aliphatic heterocycles. The molecule has 0 aromatic heterocycles. The number of carbonyl (C=O) groups excluding carboxylic acids is 2. The van der Waals surface area contributed by atoms with E-state index in [1.165, 1.54) is 0 Å². The Morgan fingerprint density at radius 1 is 1.13 bits per heavy atom. The second-order valence-corrected chi connectivity index (χ2v) is 7.80. The van der Waals surface area contributed by atoms with Crippen molar-refractivity contribution in [1.29, 1.82) is 0 Å². The Morgan fingerprint density at radius 3 is 2.58 bits per heavy atom. The molecule has 0 spiro atoms. The summed E-state index contributed by atoms with van der Waals surface area (Å²) in [5.41, 5.74) is 3.23. The molecule has 1 N–H and O–H groups in total. The van der Waals surface area contributed by atoms with Gasteiger partial charge >= 0.3 is 12.1 Å². The lowest BCUT2D eigenvalue weighted by molar-refractivity contribution is -0.141. The summed E-state index contributed by atoms with van der Waals surface area (Å²) in [7, 11) is 0. The number of benzene rings is 2. The second-order valence-electron chi connectivity index (χ2n) is 7.80. The molecule has 1 heterocycles. The molecule has 3 rings (SSSR count). The Hall–Kier alpha value is -3.02. The minimum absolute atomic E-state index is 0.00625. The van der Waals surface area contributed by atoms with E-state index in [1.54, 1.807) is 0 Å². The van der Waals surface area contributed by atoms with Crippen LogP contribution in [0.15, 0.2) is 48.5 Å². The van der Waals surface area contributed by atoms with E-state index in [9.17, 15) is 9.59 Å². The Labute approximate surface area is 184 Å². The van der Waals surface area contributed by atoms with Crippen LogP contribution in [0.2, 0.25) is 0 Å². The van der Waals surface area contributed by atoms with Crippen LogP contribution in [0.4, 0.5) is 10.5 Å². The quantitative estimate of drug-likeness (QED) is 0.473. The van der Waals surface area contributed by atoms with Crippen molar-refractivity contribution in [3.05, 3.63) is 59.7 Å². The smallest absolute Gasteiger partial charge is 0.407 e. The summed E-state index contributed by atoms with van der Waals surface area (Å²) < 4.78 is 10.9. The van der Waals surface area contributed by atoms with E-state index < -0.39 is 6.09 Å². The zero-order valence-corrected chi connectivity index (χ0v) is 18.6. The number of ether oxygens (including phenoxy) is 2. The maximum Gasteiger partial charge on any atom is 0.407 e. The van der Waals surface area contributed by atoms with Gasteiger partial charge < -0.3 is 19.7 Å². The van der Waals surface area contributed by atoms with Crippen LogP contribution >= 0.6 is 0 Å². The normalized spacial score (nSPS) is 17.5. The zero-order valence-electron chi connectivity index (χ0n) is 18.6. The van der Waals surface area contributed by atoms with E-state index in [1.807, 2.05) is 49.4 Å². The molecule has 0 saturated carbocycles. The van der Waals surface area contributed by atoms with Crippen LogP contribution in [0, 0.1) is 5.92 Å². The van der Waals surface area contributed by atoms with E-state index in [0.29, 0.717) is 18.7 Å². The average Bonchev–Trinajstić information content (AvgIpc) is 2.77. The lowest BCUT2D eigenvalue weighted by Gasteiger charge is -2.31. The van der Waals surface area contributed by atoms with Crippen LogP contribution in [-0.2, 0) is 16.0 Å². The molecule has 2 aromatic rings. The average molecular weight is 425 g/mol. The van der Waals surface area contributed by atoms with Gasteiger partial charge in [0.2, 0.25) is 0 Å². The second kappa shape index (κ2) is 10.8. The molecule has 0 aliphatic carbocycles. The fourth-order valence-corrected chi connectivity index (χ4v) is 4.03. The third-order valence-corrected chi connectivity index (χ3v) is 5.92. The molecule has 0 saturated heterocycles. The number of nitrogens with zero attached hydrogens (tertiary/aromatic N) is 1. The van der Waals surface area contributed by atoms with Crippen molar-refractivity contribution in [2.45, 2.75) is 39.5 Å². The summed E-state index contributed by atoms with van der Waals surface area (Å²) in [6, 6.07) is 16.0. The molecule has 2 unspecified atom stereocenters. The van der Waals surface area contributed by atoms with Crippen LogP contribution in [0.3, 0.4) is 0 Å². The molecule has 31 heavy (non-hydrogen) atoms. The van der Waals surface area contributed by atoms with Crippen molar-refractivity contribution in [1.82, 2.24) is 5.32 Å². The lowest BCUT2D eigenvalue weighted by Crippen LogP contribution is -2.33. The van der Waals surface area contributed by atoms with Gasteiger partial charge in [0, 0.05) is 31.4 Å². The SMILES string of the molecule is CCN(CC)c1ccc2c(c1)OC(=O)C(CCOC(=O)NCCc1ccccc1)C2C. The molecule has 0 fully saturated rings. The molecule has 1 aliphatic rings. The third kappa shape index (κ3) is 5.78. The number of hydrogen-bond acceptors (Lipinski definition) is 5. The molecule has 1 amide bonds. The number of esters is 1. The first-order chi connectivity index (χ1) is 15.0. The van der Waals surface area contributed by atoms with Gasteiger partial charge in [-0.15, -0.1) is 0 Å². The molecule has 2 aromatic carbocycles. The van der Waals surface area contributed by atoms with E-state index in [0.717, 1.165) is 36.3 Å².